The number of aromatic nitrogens is 2. The van der Waals surface area contributed by atoms with Crippen LogP contribution < -0.4 is 15.2 Å². The molecule has 138 valence electrons. The predicted octanol–water partition coefficient (Wildman–Crippen LogP) is 3.05. The highest BCUT2D eigenvalue weighted by atomic mass is 19.1. The Morgan fingerprint density at radius 3 is 2.41 bits per heavy atom. The minimum atomic E-state index is -0.488. The van der Waals surface area contributed by atoms with Gasteiger partial charge >= 0.3 is 0 Å². The van der Waals surface area contributed by atoms with Gasteiger partial charge < -0.3 is 9.64 Å². The molecule has 0 N–H and O–H groups in total. The Morgan fingerprint density at radius 2 is 1.81 bits per heavy atom. The second-order valence-corrected chi connectivity index (χ2v) is 5.67. The number of benzene rings is 2. The lowest BCUT2D eigenvalue weighted by atomic mass is 10.2. The van der Waals surface area contributed by atoms with Crippen LogP contribution in [-0.2, 0) is 0 Å². The minimum Gasteiger partial charge on any atom is -0.494 e. The van der Waals surface area contributed by atoms with Crippen LogP contribution in [0.15, 0.2) is 65.5 Å². The van der Waals surface area contributed by atoms with Crippen LogP contribution in [0.5, 0.6) is 5.75 Å². The van der Waals surface area contributed by atoms with Gasteiger partial charge in [0.2, 0.25) is 0 Å². The number of carbonyl (C=O) groups excluding carboxylic acids is 1. The SMILES string of the molecule is CCN(C(=O)c1nn(-c2ccc(F)cc2)c(=O)cc1OC)c1ccccc1. The van der Waals surface area contributed by atoms with Gasteiger partial charge in [0.15, 0.2) is 11.4 Å². The number of halogens is 1. The van der Waals surface area contributed by atoms with Crippen molar-refractivity contribution in [3.05, 3.63) is 82.5 Å². The Bertz CT molecular complexity index is 1000. The molecule has 0 saturated heterocycles. The third-order valence-corrected chi connectivity index (χ3v) is 4.02. The van der Waals surface area contributed by atoms with Crippen LogP contribution in [0.3, 0.4) is 0 Å². The number of amides is 1. The second kappa shape index (κ2) is 7.82. The number of ether oxygens (including phenoxy) is 1. The molecule has 0 fully saturated rings. The van der Waals surface area contributed by atoms with Crippen LogP contribution in [0, 0.1) is 5.82 Å². The summed E-state index contributed by atoms with van der Waals surface area (Å²) in [4.78, 5) is 27.0. The average Bonchev–Trinajstić information content (AvgIpc) is 2.70. The second-order valence-electron chi connectivity index (χ2n) is 5.67. The van der Waals surface area contributed by atoms with Crippen molar-refractivity contribution < 1.29 is 13.9 Å². The number of methoxy groups -OCH3 is 1. The normalized spacial score (nSPS) is 10.5. The first-order valence-corrected chi connectivity index (χ1v) is 8.36. The van der Waals surface area contributed by atoms with E-state index in [1.54, 1.807) is 0 Å². The first kappa shape index (κ1) is 18.3. The Morgan fingerprint density at radius 1 is 1.15 bits per heavy atom. The highest BCUT2D eigenvalue weighted by Crippen LogP contribution is 2.21. The molecule has 6 nitrogen and oxygen atoms in total. The van der Waals surface area contributed by atoms with Crippen LogP contribution >= 0.6 is 0 Å². The zero-order chi connectivity index (χ0) is 19.4. The lowest BCUT2D eigenvalue weighted by Crippen LogP contribution is -2.34. The average molecular weight is 367 g/mol. The smallest absolute Gasteiger partial charge is 0.282 e. The van der Waals surface area contributed by atoms with E-state index in [-0.39, 0.29) is 11.4 Å². The maximum absolute atomic E-state index is 13.2. The van der Waals surface area contributed by atoms with Gasteiger partial charge in [0.1, 0.15) is 5.82 Å². The van der Waals surface area contributed by atoms with E-state index in [0.717, 1.165) is 4.68 Å². The summed E-state index contributed by atoms with van der Waals surface area (Å²) in [5.74, 6) is -0.757. The van der Waals surface area contributed by atoms with Crippen molar-refractivity contribution in [3.63, 3.8) is 0 Å². The molecule has 3 aromatic rings. The lowest BCUT2D eigenvalue weighted by molar-refractivity contribution is 0.0978. The fraction of sp³-hybridized carbons (Fsp3) is 0.150. The van der Waals surface area contributed by atoms with E-state index < -0.39 is 17.3 Å². The topological polar surface area (TPSA) is 64.4 Å². The standard InChI is InChI=1S/C20H18FN3O3/c1-3-23(15-7-5-4-6-8-15)20(26)19-17(27-2)13-18(25)24(22-19)16-11-9-14(21)10-12-16/h4-13H,3H2,1-2H3. The first-order chi connectivity index (χ1) is 13.0. The van der Waals surface area contributed by atoms with Gasteiger partial charge in [-0.05, 0) is 43.3 Å². The van der Waals surface area contributed by atoms with E-state index in [2.05, 4.69) is 5.10 Å². The number of carbonyl (C=O) groups is 1. The molecule has 1 aromatic heterocycles. The maximum Gasteiger partial charge on any atom is 0.282 e. The van der Waals surface area contributed by atoms with Gasteiger partial charge in [-0.1, -0.05) is 18.2 Å². The van der Waals surface area contributed by atoms with Gasteiger partial charge in [-0.15, -0.1) is 0 Å². The van der Waals surface area contributed by atoms with E-state index in [1.165, 1.54) is 42.3 Å². The molecule has 1 heterocycles. The van der Waals surface area contributed by atoms with E-state index in [4.69, 9.17) is 4.74 Å². The predicted molar refractivity (Wildman–Crippen MR) is 100 cm³/mol. The highest BCUT2D eigenvalue weighted by Gasteiger charge is 2.23. The number of anilines is 1. The summed E-state index contributed by atoms with van der Waals surface area (Å²) >= 11 is 0. The summed E-state index contributed by atoms with van der Waals surface area (Å²) in [6.07, 6.45) is 0. The van der Waals surface area contributed by atoms with Crippen LogP contribution in [0.4, 0.5) is 10.1 Å². The molecule has 0 bridgehead atoms. The van der Waals surface area contributed by atoms with Crippen LogP contribution in [0.1, 0.15) is 17.4 Å². The Hall–Kier alpha value is -3.48. The molecule has 2 aromatic carbocycles. The molecular weight excluding hydrogens is 349 g/mol. The molecule has 0 saturated carbocycles. The van der Waals surface area contributed by atoms with E-state index in [0.29, 0.717) is 17.9 Å². The quantitative estimate of drug-likeness (QED) is 0.695. The van der Waals surface area contributed by atoms with Crippen molar-refractivity contribution in [2.45, 2.75) is 6.92 Å². The monoisotopic (exact) mass is 367 g/mol. The first-order valence-electron chi connectivity index (χ1n) is 8.36. The molecule has 0 atom stereocenters. The third kappa shape index (κ3) is 3.72. The molecule has 3 rings (SSSR count). The molecule has 0 unspecified atom stereocenters. The number of para-hydroxylation sites is 1. The van der Waals surface area contributed by atoms with Gasteiger partial charge in [0.05, 0.1) is 18.9 Å². The van der Waals surface area contributed by atoms with Crippen LogP contribution in [-0.4, -0.2) is 29.3 Å². The van der Waals surface area contributed by atoms with Gasteiger partial charge in [-0.3, -0.25) is 9.59 Å². The Kier molecular flexibility index (Phi) is 5.30. The number of hydrogen-bond acceptors (Lipinski definition) is 4. The molecule has 1 amide bonds. The van der Waals surface area contributed by atoms with Crippen molar-refractivity contribution in [1.29, 1.82) is 0 Å². The lowest BCUT2D eigenvalue weighted by Gasteiger charge is -2.21. The molecule has 27 heavy (non-hydrogen) atoms. The van der Waals surface area contributed by atoms with Crippen LogP contribution in [0.25, 0.3) is 5.69 Å². The molecule has 0 aliphatic rings. The maximum atomic E-state index is 13.2. The molecule has 0 spiro atoms. The van der Waals surface area contributed by atoms with Crippen molar-refractivity contribution in [2.75, 3.05) is 18.6 Å². The largest absolute Gasteiger partial charge is 0.494 e. The summed E-state index contributed by atoms with van der Waals surface area (Å²) in [7, 11) is 1.37. The van der Waals surface area contributed by atoms with Crippen molar-refractivity contribution in [1.82, 2.24) is 9.78 Å². The minimum absolute atomic E-state index is 0.00729. The molecule has 0 aliphatic heterocycles. The summed E-state index contributed by atoms with van der Waals surface area (Å²) < 4.78 is 19.4. The van der Waals surface area contributed by atoms with Gasteiger partial charge in [0, 0.05) is 12.2 Å². The van der Waals surface area contributed by atoms with Gasteiger partial charge in [0.25, 0.3) is 11.5 Å². The molecule has 7 heteroatoms. The summed E-state index contributed by atoms with van der Waals surface area (Å²) in [5, 5.41) is 4.20. The zero-order valence-electron chi connectivity index (χ0n) is 14.9. The van der Waals surface area contributed by atoms with Crippen LogP contribution in [0.2, 0.25) is 0 Å². The Balaban J connectivity index is 2.10. The third-order valence-electron chi connectivity index (χ3n) is 4.02. The molecule has 0 radical (unpaired) electrons. The highest BCUT2D eigenvalue weighted by molar-refractivity contribution is 6.06. The Labute approximate surface area is 155 Å². The van der Waals surface area contributed by atoms with E-state index in [9.17, 15) is 14.0 Å². The molecule has 0 aliphatic carbocycles. The van der Waals surface area contributed by atoms with Crippen molar-refractivity contribution in [3.8, 4) is 11.4 Å². The fourth-order valence-corrected chi connectivity index (χ4v) is 2.69. The fourth-order valence-electron chi connectivity index (χ4n) is 2.69. The summed E-state index contributed by atoms with van der Waals surface area (Å²) in [6.45, 7) is 2.25. The van der Waals surface area contributed by atoms with Gasteiger partial charge in [-0.25, -0.2) is 4.39 Å². The van der Waals surface area contributed by atoms with Gasteiger partial charge in [-0.2, -0.15) is 9.78 Å². The van der Waals surface area contributed by atoms with Crippen molar-refractivity contribution >= 4 is 11.6 Å². The number of nitrogens with zero attached hydrogens (tertiary/aromatic N) is 3. The van der Waals surface area contributed by atoms with Crippen molar-refractivity contribution in [2.24, 2.45) is 0 Å². The van der Waals surface area contributed by atoms with E-state index in [1.807, 2.05) is 37.3 Å². The summed E-state index contributed by atoms with van der Waals surface area (Å²) in [5.41, 5.74) is 0.555. The molecular formula is C20H18FN3O3. The van der Waals surface area contributed by atoms with E-state index >= 15 is 0 Å². The zero-order valence-corrected chi connectivity index (χ0v) is 14.9. The summed E-state index contributed by atoms with van der Waals surface area (Å²) in [6, 6.07) is 15.6. The number of rotatable bonds is 5. The number of hydrogen-bond donors (Lipinski definition) is 0.